The number of para-hydroxylation sites is 1. The summed E-state index contributed by atoms with van der Waals surface area (Å²) in [4.78, 5) is 14.8. The largest absolute Gasteiger partial charge is 0.488 e. The first-order valence-electron chi connectivity index (χ1n) is 7.65. The molecule has 3 aromatic rings. The van der Waals surface area contributed by atoms with Gasteiger partial charge in [-0.1, -0.05) is 42.5 Å². The minimum absolute atomic E-state index is 0.315. The predicted molar refractivity (Wildman–Crippen MR) is 101 cm³/mol. The average molecular weight is 398 g/mol. The summed E-state index contributed by atoms with van der Waals surface area (Å²) in [6.45, 7) is 0.467. The van der Waals surface area contributed by atoms with Crippen LogP contribution in [-0.2, 0) is 6.61 Å². The molecule has 0 saturated heterocycles. The molecule has 0 atom stereocenters. The molecule has 0 radical (unpaired) electrons. The summed E-state index contributed by atoms with van der Waals surface area (Å²) in [7, 11) is 0. The van der Waals surface area contributed by atoms with E-state index < -0.39 is 0 Å². The Balaban J connectivity index is 1.63. The lowest BCUT2D eigenvalue weighted by atomic mass is 10.2. The summed E-state index contributed by atoms with van der Waals surface area (Å²) < 4.78 is 6.66. The van der Waals surface area contributed by atoms with Crippen LogP contribution in [0.25, 0.3) is 0 Å². The number of rotatable bonds is 6. The van der Waals surface area contributed by atoms with Crippen molar-refractivity contribution < 1.29 is 9.53 Å². The van der Waals surface area contributed by atoms with Crippen molar-refractivity contribution in [3.8, 4) is 5.75 Å². The number of H-pyrrole nitrogens is 1. The normalized spacial score (nSPS) is 10.8. The minimum atomic E-state index is -0.315. The van der Waals surface area contributed by atoms with Gasteiger partial charge in [0.2, 0.25) is 0 Å². The second-order valence-corrected chi connectivity index (χ2v) is 6.16. The van der Waals surface area contributed by atoms with Gasteiger partial charge in [-0.3, -0.25) is 4.79 Å². The number of aromatic nitrogens is 1. The van der Waals surface area contributed by atoms with Crippen LogP contribution in [0.4, 0.5) is 0 Å². The van der Waals surface area contributed by atoms with Gasteiger partial charge in [-0.25, -0.2) is 5.43 Å². The highest BCUT2D eigenvalue weighted by molar-refractivity contribution is 9.10. The number of amides is 1. The molecule has 0 saturated carbocycles. The van der Waals surface area contributed by atoms with Gasteiger partial charge in [0, 0.05) is 16.2 Å². The van der Waals surface area contributed by atoms with Gasteiger partial charge >= 0.3 is 0 Å². The summed E-state index contributed by atoms with van der Waals surface area (Å²) in [5, 5.41) is 4.00. The van der Waals surface area contributed by atoms with Gasteiger partial charge in [-0.15, -0.1) is 0 Å². The molecule has 0 aliphatic heterocycles. The van der Waals surface area contributed by atoms with Crippen LogP contribution < -0.4 is 10.2 Å². The Morgan fingerprint density at radius 1 is 1.16 bits per heavy atom. The van der Waals surface area contributed by atoms with Gasteiger partial charge < -0.3 is 9.72 Å². The van der Waals surface area contributed by atoms with Crippen molar-refractivity contribution in [3.05, 3.63) is 88.2 Å². The zero-order chi connectivity index (χ0) is 17.5. The summed E-state index contributed by atoms with van der Waals surface area (Å²) in [6, 6.07) is 19.1. The van der Waals surface area contributed by atoms with Crippen molar-refractivity contribution in [3.63, 3.8) is 0 Å². The molecule has 0 bridgehead atoms. The number of hydrazone groups is 1. The Bertz CT molecular complexity index is 875. The van der Waals surface area contributed by atoms with Crippen LogP contribution in [0.15, 0.2) is 76.4 Å². The van der Waals surface area contributed by atoms with E-state index in [1.54, 1.807) is 18.5 Å². The molecule has 0 unspecified atom stereocenters. The predicted octanol–water partition coefficient (Wildman–Crippen LogP) is 4.12. The topological polar surface area (TPSA) is 66.5 Å². The van der Waals surface area contributed by atoms with E-state index in [4.69, 9.17) is 4.74 Å². The Morgan fingerprint density at radius 2 is 1.92 bits per heavy atom. The molecule has 0 fully saturated rings. The van der Waals surface area contributed by atoms with Gasteiger partial charge in [0.15, 0.2) is 0 Å². The highest BCUT2D eigenvalue weighted by Crippen LogP contribution is 2.17. The number of hydrogen-bond donors (Lipinski definition) is 2. The molecular weight excluding hydrogens is 382 g/mol. The number of ether oxygens (including phenoxy) is 1. The third-order valence-corrected chi connectivity index (χ3v) is 3.88. The lowest BCUT2D eigenvalue weighted by molar-refractivity contribution is 0.0950. The molecule has 2 N–H and O–H groups in total. The first kappa shape index (κ1) is 17.0. The summed E-state index contributed by atoms with van der Waals surface area (Å²) in [6.07, 6.45) is 3.25. The van der Waals surface area contributed by atoms with Crippen LogP contribution in [-0.4, -0.2) is 17.1 Å². The smallest absolute Gasteiger partial charge is 0.287 e. The Kier molecular flexibility index (Phi) is 5.64. The number of carbonyl (C=O) groups is 1. The summed E-state index contributed by atoms with van der Waals surface area (Å²) in [5.41, 5.74) is 4.78. The molecule has 126 valence electrons. The van der Waals surface area contributed by atoms with E-state index in [2.05, 4.69) is 31.4 Å². The first-order chi connectivity index (χ1) is 12.2. The van der Waals surface area contributed by atoms with Crippen LogP contribution in [0.3, 0.4) is 0 Å². The summed E-state index contributed by atoms with van der Waals surface area (Å²) >= 11 is 3.29. The van der Waals surface area contributed by atoms with E-state index >= 15 is 0 Å². The number of hydrogen-bond acceptors (Lipinski definition) is 3. The molecule has 0 aliphatic rings. The van der Waals surface area contributed by atoms with Crippen LogP contribution in [0.5, 0.6) is 5.75 Å². The fraction of sp³-hybridized carbons (Fsp3) is 0.0526. The van der Waals surface area contributed by atoms with Crippen LogP contribution >= 0.6 is 15.9 Å². The van der Waals surface area contributed by atoms with Crippen molar-refractivity contribution in [2.75, 3.05) is 0 Å². The second-order valence-electron chi connectivity index (χ2n) is 5.24. The Morgan fingerprint density at radius 3 is 2.68 bits per heavy atom. The van der Waals surface area contributed by atoms with Crippen molar-refractivity contribution >= 4 is 28.1 Å². The SMILES string of the molecule is O=C(N/N=C\c1ccccc1OCc1ccccc1)c1cc(Br)c[nH]1. The maximum atomic E-state index is 11.9. The van der Waals surface area contributed by atoms with Gasteiger partial charge in [-0.2, -0.15) is 5.10 Å². The lowest BCUT2D eigenvalue weighted by Gasteiger charge is -2.08. The quantitative estimate of drug-likeness (QED) is 0.485. The van der Waals surface area contributed by atoms with Crippen molar-refractivity contribution in [1.29, 1.82) is 0 Å². The van der Waals surface area contributed by atoms with E-state index in [0.29, 0.717) is 18.1 Å². The maximum absolute atomic E-state index is 11.9. The van der Waals surface area contributed by atoms with Gasteiger partial charge in [0.05, 0.1) is 6.21 Å². The summed E-state index contributed by atoms with van der Waals surface area (Å²) in [5.74, 6) is 0.386. The monoisotopic (exact) mass is 397 g/mol. The standard InChI is InChI=1S/C19H16BrN3O2/c20-16-10-17(21-12-16)19(24)23-22-11-15-8-4-5-9-18(15)25-13-14-6-2-1-3-7-14/h1-12,21H,13H2,(H,23,24)/b22-11-. The maximum Gasteiger partial charge on any atom is 0.287 e. The fourth-order valence-electron chi connectivity index (χ4n) is 2.17. The molecule has 1 heterocycles. The molecule has 5 nitrogen and oxygen atoms in total. The second kappa shape index (κ2) is 8.30. The molecule has 1 aromatic heterocycles. The third-order valence-electron chi connectivity index (χ3n) is 3.42. The van der Waals surface area contributed by atoms with E-state index in [-0.39, 0.29) is 5.91 Å². The number of benzene rings is 2. The molecular formula is C19H16BrN3O2. The highest BCUT2D eigenvalue weighted by Gasteiger charge is 2.06. The first-order valence-corrected chi connectivity index (χ1v) is 8.45. The number of nitrogens with zero attached hydrogens (tertiary/aromatic N) is 1. The zero-order valence-corrected chi connectivity index (χ0v) is 14.9. The highest BCUT2D eigenvalue weighted by atomic mass is 79.9. The van der Waals surface area contributed by atoms with Crippen LogP contribution in [0, 0.1) is 0 Å². The van der Waals surface area contributed by atoms with Gasteiger partial charge in [0.1, 0.15) is 18.1 Å². The fourth-order valence-corrected chi connectivity index (χ4v) is 2.52. The number of halogens is 1. The third kappa shape index (κ3) is 4.81. The van der Waals surface area contributed by atoms with E-state index in [0.717, 1.165) is 15.6 Å². The lowest BCUT2D eigenvalue weighted by Crippen LogP contribution is -2.17. The number of carbonyl (C=O) groups excluding carboxylic acids is 1. The molecule has 0 spiro atoms. The number of nitrogens with one attached hydrogen (secondary N) is 2. The van der Waals surface area contributed by atoms with Crippen molar-refractivity contribution in [1.82, 2.24) is 10.4 Å². The molecule has 3 rings (SSSR count). The van der Waals surface area contributed by atoms with Gasteiger partial charge in [-0.05, 0) is 39.7 Å². The molecule has 2 aromatic carbocycles. The molecule has 1 amide bonds. The minimum Gasteiger partial charge on any atom is -0.488 e. The van der Waals surface area contributed by atoms with Crippen LogP contribution in [0.1, 0.15) is 21.6 Å². The van der Waals surface area contributed by atoms with Gasteiger partial charge in [0.25, 0.3) is 5.91 Å². The Labute approximate surface area is 153 Å². The van der Waals surface area contributed by atoms with E-state index in [1.807, 2.05) is 54.6 Å². The molecule has 25 heavy (non-hydrogen) atoms. The average Bonchev–Trinajstić information content (AvgIpc) is 3.08. The Hall–Kier alpha value is -2.86. The zero-order valence-electron chi connectivity index (χ0n) is 13.3. The van der Waals surface area contributed by atoms with E-state index in [9.17, 15) is 4.79 Å². The molecule has 0 aliphatic carbocycles. The number of aromatic amines is 1. The van der Waals surface area contributed by atoms with Crippen molar-refractivity contribution in [2.24, 2.45) is 5.10 Å². The van der Waals surface area contributed by atoms with Crippen molar-refractivity contribution in [2.45, 2.75) is 6.61 Å². The van der Waals surface area contributed by atoms with E-state index in [1.165, 1.54) is 0 Å². The van der Waals surface area contributed by atoms with Crippen LogP contribution in [0.2, 0.25) is 0 Å². The molecule has 6 heteroatoms.